The summed E-state index contributed by atoms with van der Waals surface area (Å²) in [5.41, 5.74) is 1.57. The van der Waals surface area contributed by atoms with Crippen molar-refractivity contribution in [3.63, 3.8) is 0 Å². The van der Waals surface area contributed by atoms with Crippen LogP contribution in [0.25, 0.3) is 11.4 Å². The van der Waals surface area contributed by atoms with Crippen LogP contribution in [-0.4, -0.2) is 50.3 Å². The van der Waals surface area contributed by atoms with E-state index >= 15 is 0 Å². The zero-order valence-corrected chi connectivity index (χ0v) is 23.8. The summed E-state index contributed by atoms with van der Waals surface area (Å²) in [7, 11) is -1.87. The average Bonchev–Trinajstić information content (AvgIpc) is 2.74. The number of anilines is 1. The Bertz CT molecular complexity index is 992. The highest BCUT2D eigenvalue weighted by atomic mass is 35.5. The molecule has 0 bridgehead atoms. The van der Waals surface area contributed by atoms with Crippen molar-refractivity contribution in [1.82, 2.24) is 9.97 Å². The molecule has 2 heterocycles. The lowest BCUT2D eigenvalue weighted by Gasteiger charge is -2.38. The topological polar surface area (TPSA) is 65.5 Å². The highest BCUT2D eigenvalue weighted by Gasteiger charge is 2.38. The molecule has 1 aliphatic heterocycles. The quantitative estimate of drug-likeness (QED) is 0.291. The summed E-state index contributed by atoms with van der Waals surface area (Å²) >= 11 is 12.9. The van der Waals surface area contributed by atoms with Crippen molar-refractivity contribution in [3.05, 3.63) is 33.9 Å². The van der Waals surface area contributed by atoms with Gasteiger partial charge in [0.15, 0.2) is 14.1 Å². The van der Waals surface area contributed by atoms with Gasteiger partial charge in [-0.25, -0.2) is 9.97 Å². The maximum absolute atomic E-state index is 6.47. The van der Waals surface area contributed by atoms with Gasteiger partial charge < -0.3 is 19.2 Å². The molecule has 0 aliphatic carbocycles. The predicted octanol–water partition coefficient (Wildman–Crippen LogP) is 7.14. The van der Waals surface area contributed by atoms with E-state index in [1.165, 1.54) is 0 Å². The molecule has 1 N–H and O–H groups in total. The zero-order valence-electron chi connectivity index (χ0n) is 21.3. The second-order valence-corrected chi connectivity index (χ2v) is 16.1. The molecule has 0 amide bonds. The summed E-state index contributed by atoms with van der Waals surface area (Å²) in [6.45, 7) is 17.1. The molecule has 0 radical (unpaired) electrons. The first-order chi connectivity index (χ1) is 15.9. The molecule has 2 aromatic rings. The predicted molar refractivity (Wildman–Crippen MR) is 143 cm³/mol. The average molecular weight is 527 g/mol. The lowest BCUT2D eigenvalue weighted by Crippen LogP contribution is -2.44. The Hall–Kier alpha value is -1.38. The smallest absolute Gasteiger partial charge is 0.192 e. The first-order valence-electron chi connectivity index (χ1n) is 11.9. The molecule has 188 valence electrons. The van der Waals surface area contributed by atoms with E-state index in [4.69, 9.17) is 42.1 Å². The van der Waals surface area contributed by atoms with Gasteiger partial charge in [0, 0.05) is 35.4 Å². The van der Waals surface area contributed by atoms with Crippen molar-refractivity contribution in [2.24, 2.45) is 0 Å². The summed E-state index contributed by atoms with van der Waals surface area (Å²) in [4.78, 5) is 9.28. The van der Waals surface area contributed by atoms with Crippen LogP contribution in [0.1, 0.15) is 46.1 Å². The second kappa shape index (κ2) is 11.1. The fourth-order valence-corrected chi connectivity index (χ4v) is 5.32. The Morgan fingerprint density at radius 3 is 2.47 bits per heavy atom. The van der Waals surface area contributed by atoms with E-state index in [2.05, 4.69) is 44.2 Å². The Kier molecular flexibility index (Phi) is 8.90. The van der Waals surface area contributed by atoms with E-state index in [0.29, 0.717) is 34.4 Å². The molecule has 1 aliphatic rings. The van der Waals surface area contributed by atoms with Crippen LogP contribution >= 0.6 is 23.2 Å². The number of hydrogen-bond donors (Lipinski definition) is 1. The SMILES string of the molecule is Cc1c(Cl)nc(-c2cc(Cl)cc(OCC(C)O[Si](C)(C)C(C)(C)C)c2)nc1NC1CCOCC1. The van der Waals surface area contributed by atoms with Gasteiger partial charge in [0.25, 0.3) is 0 Å². The van der Waals surface area contributed by atoms with Gasteiger partial charge >= 0.3 is 0 Å². The lowest BCUT2D eigenvalue weighted by molar-refractivity contribution is 0.0904. The summed E-state index contributed by atoms with van der Waals surface area (Å²) < 4.78 is 17.9. The first kappa shape index (κ1) is 27.2. The van der Waals surface area contributed by atoms with Crippen molar-refractivity contribution < 1.29 is 13.9 Å². The molecule has 6 nitrogen and oxygen atoms in total. The molecule has 1 aromatic heterocycles. The normalized spacial score (nSPS) is 16.4. The summed E-state index contributed by atoms with van der Waals surface area (Å²) in [5.74, 6) is 1.89. The highest BCUT2D eigenvalue weighted by molar-refractivity contribution is 6.74. The Balaban J connectivity index is 1.76. The third-order valence-electron chi connectivity index (χ3n) is 6.56. The van der Waals surface area contributed by atoms with Crippen molar-refractivity contribution in [2.75, 3.05) is 25.1 Å². The van der Waals surface area contributed by atoms with Gasteiger partial charge in [-0.3, -0.25) is 0 Å². The second-order valence-electron chi connectivity index (χ2n) is 10.5. The monoisotopic (exact) mass is 525 g/mol. The third kappa shape index (κ3) is 7.07. The Morgan fingerprint density at radius 1 is 1.15 bits per heavy atom. The van der Waals surface area contributed by atoms with Gasteiger partial charge in [-0.1, -0.05) is 44.0 Å². The fourth-order valence-electron chi connectivity index (χ4n) is 3.50. The van der Waals surface area contributed by atoms with E-state index in [1.807, 2.05) is 26.0 Å². The first-order valence-corrected chi connectivity index (χ1v) is 15.5. The highest BCUT2D eigenvalue weighted by Crippen LogP contribution is 2.37. The van der Waals surface area contributed by atoms with Gasteiger partial charge in [0.05, 0.1) is 6.10 Å². The number of nitrogens with zero attached hydrogens (tertiary/aromatic N) is 2. The van der Waals surface area contributed by atoms with E-state index < -0.39 is 8.32 Å². The van der Waals surface area contributed by atoms with E-state index in [-0.39, 0.29) is 11.1 Å². The van der Waals surface area contributed by atoms with Crippen LogP contribution in [0.4, 0.5) is 5.82 Å². The van der Waals surface area contributed by atoms with Crippen LogP contribution in [-0.2, 0) is 9.16 Å². The molecule has 1 fully saturated rings. The van der Waals surface area contributed by atoms with Crippen molar-refractivity contribution in [3.8, 4) is 17.1 Å². The summed E-state index contributed by atoms with van der Waals surface area (Å²) in [6.07, 6.45) is 1.82. The van der Waals surface area contributed by atoms with Crippen LogP contribution in [0.3, 0.4) is 0 Å². The maximum atomic E-state index is 6.47. The van der Waals surface area contributed by atoms with Crippen LogP contribution < -0.4 is 10.1 Å². The zero-order chi connectivity index (χ0) is 25.1. The molecule has 3 rings (SSSR count). The minimum absolute atomic E-state index is 0.0383. The third-order valence-corrected chi connectivity index (χ3v) is 11.8. The summed E-state index contributed by atoms with van der Waals surface area (Å²) in [6, 6.07) is 5.81. The molecule has 1 unspecified atom stereocenters. The largest absolute Gasteiger partial charge is 0.491 e. The summed E-state index contributed by atoms with van der Waals surface area (Å²) in [5, 5.41) is 4.61. The molecule has 1 saturated heterocycles. The van der Waals surface area contributed by atoms with Crippen LogP contribution in [0.2, 0.25) is 28.3 Å². The van der Waals surface area contributed by atoms with Crippen LogP contribution in [0.5, 0.6) is 5.75 Å². The Morgan fingerprint density at radius 2 is 1.82 bits per heavy atom. The lowest BCUT2D eigenvalue weighted by atomic mass is 10.1. The van der Waals surface area contributed by atoms with Gasteiger partial charge in [-0.15, -0.1) is 0 Å². The number of aromatic nitrogens is 2. The molecule has 9 heteroatoms. The standard InChI is InChI=1S/C25H37Cl2N3O3Si/c1-16(33-34(6,7)25(3,4)5)15-32-21-13-18(12-19(26)14-21)24-29-22(27)17(2)23(30-24)28-20-8-10-31-11-9-20/h12-14,16,20H,8-11,15H2,1-7H3,(H,28,29,30). The van der Waals surface area contributed by atoms with Crippen molar-refractivity contribution in [2.45, 2.75) is 77.7 Å². The number of ether oxygens (including phenoxy) is 2. The molecular weight excluding hydrogens is 489 g/mol. The van der Waals surface area contributed by atoms with Crippen LogP contribution in [0, 0.1) is 6.92 Å². The van der Waals surface area contributed by atoms with Gasteiger partial charge in [-0.05, 0) is 63.0 Å². The van der Waals surface area contributed by atoms with Crippen LogP contribution in [0.15, 0.2) is 18.2 Å². The number of benzene rings is 1. The van der Waals surface area contributed by atoms with Gasteiger partial charge in [0.2, 0.25) is 0 Å². The number of halogens is 2. The van der Waals surface area contributed by atoms with Gasteiger partial charge in [0.1, 0.15) is 23.3 Å². The molecule has 1 atom stereocenters. The van der Waals surface area contributed by atoms with Crippen molar-refractivity contribution in [1.29, 1.82) is 0 Å². The Labute approximate surface area is 214 Å². The number of hydrogen-bond acceptors (Lipinski definition) is 6. The maximum Gasteiger partial charge on any atom is 0.192 e. The molecule has 0 saturated carbocycles. The van der Waals surface area contributed by atoms with Crippen molar-refractivity contribution >= 4 is 37.3 Å². The minimum Gasteiger partial charge on any atom is -0.491 e. The molecule has 0 spiro atoms. The van der Waals surface area contributed by atoms with E-state index in [9.17, 15) is 0 Å². The fraction of sp³-hybridized carbons (Fsp3) is 0.600. The van der Waals surface area contributed by atoms with Gasteiger partial charge in [-0.2, -0.15) is 0 Å². The molecular formula is C25H37Cl2N3O3Si. The molecule has 1 aromatic carbocycles. The minimum atomic E-state index is -1.87. The number of nitrogens with one attached hydrogen (secondary N) is 1. The van der Waals surface area contributed by atoms with E-state index in [0.717, 1.165) is 43.0 Å². The van der Waals surface area contributed by atoms with E-state index in [1.54, 1.807) is 6.07 Å². The molecule has 34 heavy (non-hydrogen) atoms. The number of rotatable bonds is 8.